The first-order valence-corrected chi connectivity index (χ1v) is 8.84. The van der Waals surface area contributed by atoms with Crippen molar-refractivity contribution >= 4 is 11.7 Å². The highest BCUT2D eigenvalue weighted by atomic mass is 16.2. The maximum atomic E-state index is 12.7. The number of hydrogen-bond donors (Lipinski definition) is 1. The molecule has 26 heavy (non-hydrogen) atoms. The second-order valence-corrected chi connectivity index (χ2v) is 7.11. The zero-order valence-corrected chi connectivity index (χ0v) is 16.4. The molecule has 1 amide bonds. The predicted octanol–water partition coefficient (Wildman–Crippen LogP) is 2.37. The minimum atomic E-state index is -0.587. The summed E-state index contributed by atoms with van der Waals surface area (Å²) < 4.78 is 1.70. The van der Waals surface area contributed by atoms with E-state index in [2.05, 4.69) is 29.2 Å². The van der Waals surface area contributed by atoms with Crippen LogP contribution in [0.1, 0.15) is 35.6 Å². The van der Waals surface area contributed by atoms with Gasteiger partial charge in [0.05, 0.1) is 22.6 Å². The molecule has 2 rings (SSSR count). The van der Waals surface area contributed by atoms with E-state index in [4.69, 9.17) is 0 Å². The Morgan fingerprint density at radius 3 is 2.31 bits per heavy atom. The molecule has 2 aromatic rings. The molecule has 0 aliphatic carbocycles. The maximum Gasteiger partial charge on any atom is 0.292 e. The summed E-state index contributed by atoms with van der Waals surface area (Å²) in [6.45, 7) is 8.18. The number of nitrogens with zero attached hydrogens (tertiary/aromatic N) is 3. The number of benzene rings is 1. The summed E-state index contributed by atoms with van der Waals surface area (Å²) in [6, 6.07) is 9.74. The molecule has 0 unspecified atom stereocenters. The van der Waals surface area contributed by atoms with Crippen molar-refractivity contribution in [2.45, 2.75) is 33.7 Å². The summed E-state index contributed by atoms with van der Waals surface area (Å²) in [5.41, 5.74) is 2.46. The van der Waals surface area contributed by atoms with Crippen LogP contribution in [0.15, 0.2) is 30.3 Å². The number of Topliss-reactive ketones (excluding diaryl/α,β-unsaturated/α-hetero) is 1. The van der Waals surface area contributed by atoms with Gasteiger partial charge in [-0.1, -0.05) is 32.0 Å². The van der Waals surface area contributed by atoms with E-state index in [0.717, 1.165) is 5.69 Å². The Morgan fingerprint density at radius 2 is 1.77 bits per heavy atom. The molecule has 1 heterocycles. The quantitative estimate of drug-likeness (QED) is 0.611. The van der Waals surface area contributed by atoms with E-state index < -0.39 is 11.7 Å². The minimum Gasteiger partial charge on any atom is -0.348 e. The number of amides is 1. The fraction of sp³-hybridized carbons (Fsp3) is 0.450. The number of likely N-dealkylation sites (N-methyl/N-ethyl adjacent to an activating group) is 1. The van der Waals surface area contributed by atoms with E-state index in [-0.39, 0.29) is 6.04 Å². The van der Waals surface area contributed by atoms with Crippen LogP contribution in [0.5, 0.6) is 0 Å². The van der Waals surface area contributed by atoms with E-state index in [9.17, 15) is 9.59 Å². The Labute approximate surface area is 155 Å². The van der Waals surface area contributed by atoms with E-state index in [1.54, 1.807) is 11.6 Å². The average Bonchev–Trinajstić information content (AvgIpc) is 2.89. The van der Waals surface area contributed by atoms with E-state index in [1.165, 1.54) is 0 Å². The molecule has 0 aliphatic rings. The molecule has 140 valence electrons. The van der Waals surface area contributed by atoms with Crippen LogP contribution in [0.4, 0.5) is 0 Å². The Kier molecular flexibility index (Phi) is 6.32. The lowest BCUT2D eigenvalue weighted by Crippen LogP contribution is -2.45. The van der Waals surface area contributed by atoms with Crippen molar-refractivity contribution in [1.82, 2.24) is 20.0 Å². The minimum absolute atomic E-state index is 0.168. The molecule has 0 radical (unpaired) electrons. The zero-order chi connectivity index (χ0) is 19.4. The van der Waals surface area contributed by atoms with Crippen LogP contribution >= 0.6 is 0 Å². The Bertz CT molecular complexity index is 771. The van der Waals surface area contributed by atoms with Crippen molar-refractivity contribution < 1.29 is 9.59 Å². The number of rotatable bonds is 7. The summed E-state index contributed by atoms with van der Waals surface area (Å²) in [4.78, 5) is 27.2. The predicted molar refractivity (Wildman–Crippen MR) is 103 cm³/mol. The molecule has 1 N–H and O–H groups in total. The molecule has 1 atom stereocenters. The van der Waals surface area contributed by atoms with Gasteiger partial charge in [-0.25, -0.2) is 4.68 Å². The monoisotopic (exact) mass is 356 g/mol. The van der Waals surface area contributed by atoms with Crippen molar-refractivity contribution in [3.05, 3.63) is 47.3 Å². The first kappa shape index (κ1) is 19.8. The molecule has 6 nitrogen and oxygen atoms in total. The van der Waals surface area contributed by atoms with Crippen molar-refractivity contribution in [1.29, 1.82) is 0 Å². The SMILES string of the molecule is Cc1nn(-c2ccccc2)c(C)c1C(=O)C(=O)NC[C@@H](C(C)C)N(C)C. The van der Waals surface area contributed by atoms with Gasteiger partial charge < -0.3 is 10.2 Å². The van der Waals surface area contributed by atoms with Crippen LogP contribution in [-0.4, -0.2) is 53.1 Å². The zero-order valence-electron chi connectivity index (χ0n) is 16.4. The second kappa shape index (κ2) is 8.27. The van der Waals surface area contributed by atoms with Gasteiger partial charge in [-0.05, 0) is 46.0 Å². The van der Waals surface area contributed by atoms with E-state index >= 15 is 0 Å². The van der Waals surface area contributed by atoms with Gasteiger partial charge in [-0.15, -0.1) is 0 Å². The second-order valence-electron chi connectivity index (χ2n) is 7.11. The molecule has 1 aromatic carbocycles. The average molecular weight is 356 g/mol. The summed E-state index contributed by atoms with van der Waals surface area (Å²) in [6.07, 6.45) is 0. The first-order valence-electron chi connectivity index (χ1n) is 8.84. The third-order valence-corrected chi connectivity index (χ3v) is 4.63. The van der Waals surface area contributed by atoms with Crippen LogP contribution in [0, 0.1) is 19.8 Å². The van der Waals surface area contributed by atoms with Crippen LogP contribution in [0.2, 0.25) is 0 Å². The molecular weight excluding hydrogens is 328 g/mol. The third-order valence-electron chi connectivity index (χ3n) is 4.63. The number of carbonyl (C=O) groups is 2. The molecule has 0 spiro atoms. The van der Waals surface area contributed by atoms with Gasteiger partial charge in [-0.3, -0.25) is 9.59 Å². The normalized spacial score (nSPS) is 12.5. The molecule has 0 aliphatic heterocycles. The lowest BCUT2D eigenvalue weighted by molar-refractivity contribution is -0.117. The van der Waals surface area contributed by atoms with E-state index in [0.29, 0.717) is 29.4 Å². The highest BCUT2D eigenvalue weighted by molar-refractivity contribution is 6.43. The highest BCUT2D eigenvalue weighted by Gasteiger charge is 2.26. The van der Waals surface area contributed by atoms with Gasteiger partial charge in [0.2, 0.25) is 0 Å². The number of aromatic nitrogens is 2. The van der Waals surface area contributed by atoms with Crippen molar-refractivity contribution in [3.63, 3.8) is 0 Å². The van der Waals surface area contributed by atoms with Crippen LogP contribution in [0.25, 0.3) is 5.69 Å². The number of hydrogen-bond acceptors (Lipinski definition) is 4. The number of ketones is 1. The standard InChI is InChI=1S/C20H28N4O2/c1-13(2)17(23(5)6)12-21-20(26)19(25)18-14(3)22-24(15(18)4)16-10-8-7-9-11-16/h7-11,13,17H,12H2,1-6H3,(H,21,26)/t17-/m0/s1. The lowest BCUT2D eigenvalue weighted by atomic mass is 10.0. The molecule has 0 saturated carbocycles. The Hall–Kier alpha value is -2.47. The highest BCUT2D eigenvalue weighted by Crippen LogP contribution is 2.18. The third kappa shape index (κ3) is 4.19. The van der Waals surface area contributed by atoms with Gasteiger partial charge in [0.25, 0.3) is 11.7 Å². The van der Waals surface area contributed by atoms with Crippen LogP contribution < -0.4 is 5.32 Å². The fourth-order valence-corrected chi connectivity index (χ4v) is 3.20. The van der Waals surface area contributed by atoms with Crippen molar-refractivity contribution in [2.24, 2.45) is 5.92 Å². The summed E-state index contributed by atoms with van der Waals surface area (Å²) in [7, 11) is 3.94. The van der Waals surface area contributed by atoms with Crippen LogP contribution in [0.3, 0.4) is 0 Å². The van der Waals surface area contributed by atoms with Crippen LogP contribution in [-0.2, 0) is 4.79 Å². The number of aryl methyl sites for hydroxylation is 1. The first-order chi connectivity index (χ1) is 12.2. The molecule has 0 saturated heterocycles. The number of nitrogens with one attached hydrogen (secondary N) is 1. The van der Waals surface area contributed by atoms with Gasteiger partial charge in [0, 0.05) is 12.6 Å². The Balaban J connectivity index is 2.19. The fourth-order valence-electron chi connectivity index (χ4n) is 3.20. The molecule has 6 heteroatoms. The molecule has 0 bridgehead atoms. The molecule has 0 fully saturated rings. The number of carbonyl (C=O) groups excluding carboxylic acids is 2. The lowest BCUT2D eigenvalue weighted by Gasteiger charge is -2.27. The van der Waals surface area contributed by atoms with E-state index in [1.807, 2.05) is 51.4 Å². The number of para-hydroxylation sites is 1. The molecule has 1 aromatic heterocycles. The van der Waals surface area contributed by atoms with Gasteiger partial charge >= 0.3 is 0 Å². The topological polar surface area (TPSA) is 67.2 Å². The van der Waals surface area contributed by atoms with Gasteiger partial charge in [0.1, 0.15) is 0 Å². The molecular formula is C20H28N4O2. The van der Waals surface area contributed by atoms with Crippen molar-refractivity contribution in [2.75, 3.05) is 20.6 Å². The Morgan fingerprint density at radius 1 is 1.15 bits per heavy atom. The maximum absolute atomic E-state index is 12.7. The summed E-state index contributed by atoms with van der Waals surface area (Å²) >= 11 is 0. The van der Waals surface area contributed by atoms with Gasteiger partial charge in [0.15, 0.2) is 0 Å². The van der Waals surface area contributed by atoms with Crippen molar-refractivity contribution in [3.8, 4) is 5.69 Å². The summed E-state index contributed by atoms with van der Waals surface area (Å²) in [5, 5.41) is 7.22. The summed E-state index contributed by atoms with van der Waals surface area (Å²) in [5.74, 6) is -0.760. The van der Waals surface area contributed by atoms with Gasteiger partial charge in [-0.2, -0.15) is 5.10 Å². The largest absolute Gasteiger partial charge is 0.348 e. The smallest absolute Gasteiger partial charge is 0.292 e.